The topological polar surface area (TPSA) is 84.5 Å². The molecule has 0 aliphatic heterocycles. The number of alkyl carbamates (subject to hydrolysis) is 1. The maximum Gasteiger partial charge on any atom is 0.501 e. The number of nitrogens with one attached hydrogen (secondary N) is 2. The maximum absolute atomic E-state index is 13.2. The van der Waals surface area contributed by atoms with Gasteiger partial charge in [0.15, 0.2) is 0 Å². The van der Waals surface area contributed by atoms with E-state index in [1.165, 1.54) is 0 Å². The molecule has 142 valence electrons. The van der Waals surface area contributed by atoms with Crippen LogP contribution in [0.4, 0.5) is 28.0 Å². The van der Waals surface area contributed by atoms with E-state index in [9.17, 15) is 30.8 Å². The number of halogens is 4. The highest BCUT2D eigenvalue weighted by Crippen LogP contribution is 2.34. The Labute approximate surface area is 142 Å². The number of anilines is 1. The van der Waals surface area contributed by atoms with Gasteiger partial charge in [0.1, 0.15) is 16.3 Å². The van der Waals surface area contributed by atoms with Crippen LogP contribution in [-0.2, 0) is 14.6 Å². The molecule has 0 heterocycles. The van der Waals surface area contributed by atoms with E-state index in [-0.39, 0.29) is 19.2 Å². The van der Waals surface area contributed by atoms with Crippen LogP contribution < -0.4 is 10.6 Å². The SMILES string of the molecule is CC(C)(C)OC(=O)NCCNc1ccc(F)cc1S(=O)(=O)C(F)(F)F. The zero-order valence-corrected chi connectivity index (χ0v) is 14.5. The normalized spacial score (nSPS) is 12.6. The lowest BCUT2D eigenvalue weighted by molar-refractivity contribution is -0.0435. The number of hydrogen-bond acceptors (Lipinski definition) is 5. The molecule has 0 saturated heterocycles. The molecule has 0 atom stereocenters. The van der Waals surface area contributed by atoms with Crippen molar-refractivity contribution in [2.75, 3.05) is 18.4 Å². The summed E-state index contributed by atoms with van der Waals surface area (Å²) in [5, 5.41) is 4.76. The monoisotopic (exact) mass is 386 g/mol. The summed E-state index contributed by atoms with van der Waals surface area (Å²) in [7, 11) is -5.72. The summed E-state index contributed by atoms with van der Waals surface area (Å²) in [6.07, 6.45) is -0.739. The second-order valence-corrected chi connectivity index (χ2v) is 7.85. The molecule has 1 amide bonds. The molecule has 0 unspecified atom stereocenters. The first-order chi connectivity index (χ1) is 11.2. The third-order valence-corrected chi connectivity index (χ3v) is 4.17. The first kappa shape index (κ1) is 21.0. The van der Waals surface area contributed by atoms with E-state index in [4.69, 9.17) is 4.74 Å². The number of ether oxygens (including phenoxy) is 1. The van der Waals surface area contributed by atoms with Gasteiger partial charge >= 0.3 is 11.6 Å². The average molecular weight is 386 g/mol. The van der Waals surface area contributed by atoms with E-state index in [1.807, 2.05) is 0 Å². The number of sulfone groups is 1. The Bertz CT molecular complexity index is 727. The summed E-state index contributed by atoms with van der Waals surface area (Å²) < 4.78 is 79.2. The molecule has 0 aliphatic rings. The molecular weight excluding hydrogens is 368 g/mol. The molecule has 0 aromatic heterocycles. The summed E-state index contributed by atoms with van der Waals surface area (Å²) in [6.45, 7) is 4.79. The van der Waals surface area contributed by atoms with Gasteiger partial charge in [-0.3, -0.25) is 0 Å². The highest BCUT2D eigenvalue weighted by molar-refractivity contribution is 7.92. The van der Waals surface area contributed by atoms with Crippen molar-refractivity contribution in [2.45, 2.75) is 36.8 Å². The van der Waals surface area contributed by atoms with Crippen molar-refractivity contribution in [1.82, 2.24) is 5.32 Å². The Kier molecular flexibility index (Phi) is 6.27. The summed E-state index contributed by atoms with van der Waals surface area (Å²) in [4.78, 5) is 10.2. The van der Waals surface area contributed by atoms with Crippen molar-refractivity contribution in [3.8, 4) is 0 Å². The van der Waals surface area contributed by atoms with Crippen molar-refractivity contribution in [3.63, 3.8) is 0 Å². The molecule has 1 rings (SSSR count). The first-order valence-corrected chi connectivity index (χ1v) is 8.54. The molecule has 2 N–H and O–H groups in total. The van der Waals surface area contributed by atoms with E-state index >= 15 is 0 Å². The van der Waals surface area contributed by atoms with Crippen molar-refractivity contribution in [3.05, 3.63) is 24.0 Å². The summed E-state index contributed by atoms with van der Waals surface area (Å²) in [5.74, 6) is -1.12. The van der Waals surface area contributed by atoms with Crippen LogP contribution in [-0.4, -0.2) is 38.7 Å². The number of rotatable bonds is 5. The lowest BCUT2D eigenvalue weighted by atomic mass is 10.2. The van der Waals surface area contributed by atoms with Crippen LogP contribution in [0.1, 0.15) is 20.8 Å². The highest BCUT2D eigenvalue weighted by atomic mass is 32.2. The van der Waals surface area contributed by atoms with Gasteiger partial charge in [-0.15, -0.1) is 0 Å². The van der Waals surface area contributed by atoms with Gasteiger partial charge in [0.2, 0.25) is 0 Å². The number of hydrogen-bond donors (Lipinski definition) is 2. The Morgan fingerprint density at radius 3 is 2.28 bits per heavy atom. The average Bonchev–Trinajstić information content (AvgIpc) is 2.41. The molecule has 11 heteroatoms. The molecule has 0 radical (unpaired) electrons. The quantitative estimate of drug-likeness (QED) is 0.600. The number of benzene rings is 1. The van der Waals surface area contributed by atoms with Crippen molar-refractivity contribution in [2.24, 2.45) is 0 Å². The number of carbonyl (C=O) groups excluding carboxylic acids is 1. The second-order valence-electron chi connectivity index (χ2n) is 5.95. The summed E-state index contributed by atoms with van der Waals surface area (Å²) in [6, 6.07) is 1.98. The minimum absolute atomic E-state index is 0.0577. The molecule has 1 aromatic carbocycles. The van der Waals surface area contributed by atoms with E-state index in [1.54, 1.807) is 20.8 Å². The third kappa shape index (κ3) is 6.07. The minimum atomic E-state index is -5.72. The van der Waals surface area contributed by atoms with Gasteiger partial charge in [0.05, 0.1) is 5.69 Å². The summed E-state index contributed by atoms with van der Waals surface area (Å²) in [5.41, 5.74) is -6.71. The van der Waals surface area contributed by atoms with Crippen LogP contribution in [0.5, 0.6) is 0 Å². The van der Waals surface area contributed by atoms with Crippen LogP contribution in [0.25, 0.3) is 0 Å². The number of alkyl halides is 3. The largest absolute Gasteiger partial charge is 0.501 e. The number of carbonyl (C=O) groups is 1. The van der Waals surface area contributed by atoms with E-state index in [2.05, 4.69) is 10.6 Å². The highest BCUT2D eigenvalue weighted by Gasteiger charge is 2.48. The smallest absolute Gasteiger partial charge is 0.444 e. The maximum atomic E-state index is 13.2. The number of amides is 1. The van der Waals surface area contributed by atoms with Crippen molar-refractivity contribution < 1.29 is 35.5 Å². The summed E-state index contributed by atoms with van der Waals surface area (Å²) >= 11 is 0. The van der Waals surface area contributed by atoms with Crippen LogP contribution in [0, 0.1) is 5.82 Å². The standard InChI is InChI=1S/C14H18F4N2O4S/c1-13(2,3)24-12(21)20-7-6-19-10-5-4-9(15)8-11(10)25(22,23)14(16,17)18/h4-5,8,19H,6-7H2,1-3H3,(H,20,21). The van der Waals surface area contributed by atoms with Gasteiger partial charge in [0.25, 0.3) is 9.84 Å². The predicted molar refractivity (Wildman–Crippen MR) is 82.4 cm³/mol. The second kappa shape index (κ2) is 7.46. The molecular formula is C14H18F4N2O4S. The predicted octanol–water partition coefficient (Wildman–Crippen LogP) is 3.06. The van der Waals surface area contributed by atoms with Gasteiger partial charge < -0.3 is 15.4 Å². The van der Waals surface area contributed by atoms with Crippen LogP contribution in [0.3, 0.4) is 0 Å². The first-order valence-electron chi connectivity index (χ1n) is 7.06. The Hall–Kier alpha value is -2.04. The Balaban J connectivity index is 2.80. The van der Waals surface area contributed by atoms with E-state index in [0.717, 1.165) is 12.1 Å². The van der Waals surface area contributed by atoms with Gasteiger partial charge in [-0.2, -0.15) is 13.2 Å². The fourth-order valence-corrected chi connectivity index (χ4v) is 2.61. The van der Waals surface area contributed by atoms with Crippen LogP contribution >= 0.6 is 0 Å². The molecule has 6 nitrogen and oxygen atoms in total. The molecule has 1 aromatic rings. The van der Waals surface area contributed by atoms with E-state index in [0.29, 0.717) is 0 Å². The fraction of sp³-hybridized carbons (Fsp3) is 0.500. The molecule has 25 heavy (non-hydrogen) atoms. The van der Waals surface area contributed by atoms with Crippen molar-refractivity contribution in [1.29, 1.82) is 0 Å². The molecule has 0 saturated carbocycles. The Morgan fingerprint density at radius 1 is 1.16 bits per heavy atom. The zero-order chi connectivity index (χ0) is 19.5. The van der Waals surface area contributed by atoms with Gasteiger partial charge in [-0.05, 0) is 39.0 Å². The lowest BCUT2D eigenvalue weighted by Gasteiger charge is -2.20. The molecule has 0 aliphatic carbocycles. The van der Waals surface area contributed by atoms with Gasteiger partial charge in [-0.1, -0.05) is 0 Å². The minimum Gasteiger partial charge on any atom is -0.444 e. The molecule has 0 fully saturated rings. The fourth-order valence-electron chi connectivity index (χ4n) is 1.67. The molecule has 0 bridgehead atoms. The van der Waals surface area contributed by atoms with Crippen LogP contribution in [0.2, 0.25) is 0 Å². The zero-order valence-electron chi connectivity index (χ0n) is 13.7. The van der Waals surface area contributed by atoms with Crippen LogP contribution in [0.15, 0.2) is 23.1 Å². The van der Waals surface area contributed by atoms with Gasteiger partial charge in [0, 0.05) is 13.1 Å². The van der Waals surface area contributed by atoms with E-state index < -0.39 is 43.4 Å². The van der Waals surface area contributed by atoms with Gasteiger partial charge in [-0.25, -0.2) is 17.6 Å². The lowest BCUT2D eigenvalue weighted by Crippen LogP contribution is -2.35. The third-order valence-electron chi connectivity index (χ3n) is 2.65. The Morgan fingerprint density at radius 2 is 1.76 bits per heavy atom. The molecule has 0 spiro atoms. The van der Waals surface area contributed by atoms with Crippen molar-refractivity contribution >= 4 is 21.6 Å².